The molecule has 1 heterocycles. The van der Waals surface area contributed by atoms with Gasteiger partial charge in [-0.2, -0.15) is 0 Å². The molecule has 10 heteroatoms. The van der Waals surface area contributed by atoms with Crippen LogP contribution in [0.2, 0.25) is 0 Å². The Bertz CT molecular complexity index is 737. The van der Waals surface area contributed by atoms with Gasteiger partial charge in [0.2, 0.25) is 5.91 Å². The average molecular weight is 425 g/mol. The van der Waals surface area contributed by atoms with Crippen molar-refractivity contribution in [2.24, 2.45) is 0 Å². The van der Waals surface area contributed by atoms with E-state index in [0.29, 0.717) is 51.6 Å². The number of aliphatic carboxylic acids is 2. The van der Waals surface area contributed by atoms with Crippen LogP contribution in [0.25, 0.3) is 0 Å². The van der Waals surface area contributed by atoms with E-state index in [-0.39, 0.29) is 6.42 Å². The number of carboxylic acid groups (broad SMARTS) is 2. The number of hydrogen-bond donors (Lipinski definition) is 3. The van der Waals surface area contributed by atoms with Crippen molar-refractivity contribution in [3.8, 4) is 0 Å². The third-order valence-electron chi connectivity index (χ3n) is 5.71. The predicted octanol–water partition coefficient (Wildman–Crippen LogP) is 0.746. The van der Waals surface area contributed by atoms with E-state index in [0.717, 1.165) is 10.4 Å². The van der Waals surface area contributed by atoms with Crippen LogP contribution in [0.15, 0.2) is 30.3 Å². The Labute approximate surface area is 185 Å². The molecule has 1 fully saturated rings. The van der Waals surface area contributed by atoms with Gasteiger partial charge in [0.15, 0.2) is 16.0 Å². The van der Waals surface area contributed by atoms with E-state index in [9.17, 15) is 24.6 Å². The second-order valence-corrected chi connectivity index (χ2v) is 7.82. The maximum Gasteiger partial charge on any atom is 0.326 e. The fraction of sp³-hybridized carbons (Fsp3) is 0.571. The summed E-state index contributed by atoms with van der Waals surface area (Å²) >= 11 is 0. The lowest BCUT2D eigenvalue weighted by molar-refractivity contribution is -0.151. The Morgan fingerprint density at radius 3 is 2.45 bits per heavy atom. The second kappa shape index (κ2) is 12.5. The van der Waals surface area contributed by atoms with Crippen molar-refractivity contribution in [1.82, 2.24) is 14.9 Å². The molecule has 0 aliphatic carbocycles. The lowest BCUT2D eigenvalue weighted by atomic mass is 9.95. The summed E-state index contributed by atoms with van der Waals surface area (Å²) in [5.74, 6) is -2.60. The monoisotopic (exact) mass is 425 g/mol. The Hall–Kier alpha value is -2.32. The number of amides is 1. The molecule has 0 spiro atoms. The lowest BCUT2D eigenvalue weighted by Gasteiger charge is -2.36. The molecule has 0 bridgehead atoms. The van der Waals surface area contributed by atoms with Crippen molar-refractivity contribution in [3.05, 3.63) is 35.9 Å². The molecule has 0 unspecified atom stereocenters. The highest BCUT2D eigenvalue weighted by Crippen LogP contribution is 2.23. The number of hydrogen-bond acceptors (Lipinski definition) is 5. The maximum atomic E-state index is 13.3. The first kappa shape index (κ1) is 24.9. The lowest BCUT2D eigenvalue weighted by Crippen LogP contribution is -2.55. The zero-order valence-corrected chi connectivity index (χ0v) is 17.7. The number of carbonyl (C=O) groups is 3. The fourth-order valence-corrected chi connectivity index (χ4v) is 4.01. The highest BCUT2D eigenvalue weighted by atomic mass is 16.4. The number of nitrogens with zero attached hydrogens (tertiary/aromatic N) is 2. The number of carboxylic acids is 2. The van der Waals surface area contributed by atoms with Crippen LogP contribution < -0.4 is 5.23 Å². The van der Waals surface area contributed by atoms with Crippen molar-refractivity contribution < 1.29 is 24.6 Å². The summed E-state index contributed by atoms with van der Waals surface area (Å²) in [4.78, 5) is 39.3. The molecule has 164 valence electrons. The van der Waals surface area contributed by atoms with Gasteiger partial charge in [-0.1, -0.05) is 36.8 Å². The van der Waals surface area contributed by atoms with Crippen LogP contribution in [-0.4, -0.2) is 84.9 Å². The van der Waals surface area contributed by atoms with Crippen molar-refractivity contribution in [3.63, 3.8) is 0 Å². The summed E-state index contributed by atoms with van der Waals surface area (Å²) in [5.41, 5.74) is 0.976. The van der Waals surface area contributed by atoms with E-state index >= 15 is 0 Å². The van der Waals surface area contributed by atoms with Gasteiger partial charge in [-0.3, -0.25) is 9.59 Å². The summed E-state index contributed by atoms with van der Waals surface area (Å²) in [6.07, 6.45) is 3.27. The number of unbranched alkanes of at least 4 members (excludes halogenated alkanes) is 1. The van der Waals surface area contributed by atoms with Gasteiger partial charge in [-0.25, -0.2) is 4.79 Å². The van der Waals surface area contributed by atoms with Crippen LogP contribution in [0.3, 0.4) is 0 Å². The minimum absolute atomic E-state index is 0.229. The van der Waals surface area contributed by atoms with Gasteiger partial charge in [0.25, 0.3) is 0 Å². The van der Waals surface area contributed by atoms with Gasteiger partial charge in [0.05, 0.1) is 12.1 Å². The summed E-state index contributed by atoms with van der Waals surface area (Å²) < 4.78 is 0. The largest absolute Gasteiger partial charge is 0.480 e. The molecule has 1 aliphatic rings. The molecule has 8 nitrogen and oxygen atoms in total. The molecule has 3 N–H and O–H groups in total. The molecule has 0 aromatic heterocycles. The first-order chi connectivity index (χ1) is 14.9. The van der Waals surface area contributed by atoms with Crippen molar-refractivity contribution in [2.45, 2.75) is 63.1 Å². The van der Waals surface area contributed by atoms with Crippen LogP contribution in [0, 0.1) is 0 Å². The Kier molecular flexibility index (Phi) is 10.1. The third kappa shape index (κ3) is 7.11. The molecular formula is C21H29B2N3O5. The topological polar surface area (TPSA) is 110 Å². The average Bonchev–Trinajstić information content (AvgIpc) is 3.24. The molecule has 2 rings (SSSR count). The minimum atomic E-state index is -1.11. The maximum absolute atomic E-state index is 13.3. The minimum Gasteiger partial charge on any atom is -0.480 e. The first-order valence-electron chi connectivity index (χ1n) is 10.6. The van der Waals surface area contributed by atoms with E-state index in [2.05, 4.69) is 5.23 Å². The Morgan fingerprint density at radius 1 is 1.13 bits per heavy atom. The number of likely N-dealkylation sites (tertiary alicyclic amines) is 1. The zero-order chi connectivity index (χ0) is 22.8. The molecule has 1 aliphatic heterocycles. The van der Waals surface area contributed by atoms with E-state index < -0.39 is 36.0 Å². The summed E-state index contributed by atoms with van der Waals surface area (Å²) in [5, 5.41) is 21.8. The molecular weight excluding hydrogens is 396 g/mol. The first-order valence-corrected chi connectivity index (χ1v) is 10.6. The second-order valence-electron chi connectivity index (χ2n) is 7.82. The highest BCUT2D eigenvalue weighted by molar-refractivity contribution is 6.09. The summed E-state index contributed by atoms with van der Waals surface area (Å²) in [6, 6.07) is 6.55. The standard InChI is InChI=1S/C21H29B2N3O5/c22-24-13-5-4-9-16(19(27)25-14-6-10-17(25)20(28)29)26(23)18(21(30)31)12-11-15-7-2-1-3-8-15/h1-3,7-8,16-18,24H,4-6,9-14H2,(H,28,29)(H,30,31)/t16-,17-,18-/m0/s1. The van der Waals surface area contributed by atoms with Gasteiger partial charge < -0.3 is 25.2 Å². The quantitative estimate of drug-likeness (QED) is 0.316. The highest BCUT2D eigenvalue weighted by Gasteiger charge is 2.40. The third-order valence-corrected chi connectivity index (χ3v) is 5.71. The zero-order valence-electron chi connectivity index (χ0n) is 17.7. The van der Waals surface area contributed by atoms with Crippen LogP contribution in [0.1, 0.15) is 44.1 Å². The van der Waals surface area contributed by atoms with Gasteiger partial charge in [0.1, 0.15) is 6.04 Å². The molecule has 3 atom stereocenters. The predicted molar refractivity (Wildman–Crippen MR) is 118 cm³/mol. The molecule has 1 amide bonds. The van der Waals surface area contributed by atoms with E-state index in [1.165, 1.54) is 4.90 Å². The number of aryl methyl sites for hydroxylation is 1. The van der Waals surface area contributed by atoms with Crippen LogP contribution in [-0.2, 0) is 20.8 Å². The number of carbonyl (C=O) groups excluding carboxylic acids is 1. The number of benzene rings is 1. The van der Waals surface area contributed by atoms with E-state index in [4.69, 9.17) is 16.0 Å². The Balaban J connectivity index is 2.17. The Morgan fingerprint density at radius 2 is 1.84 bits per heavy atom. The van der Waals surface area contributed by atoms with Crippen LogP contribution >= 0.6 is 0 Å². The molecule has 1 aromatic carbocycles. The van der Waals surface area contributed by atoms with Crippen molar-refractivity contribution in [2.75, 3.05) is 13.1 Å². The summed E-state index contributed by atoms with van der Waals surface area (Å²) in [6.45, 7) is 0.871. The number of nitrogens with one attached hydrogen (secondary N) is 1. The molecule has 1 saturated heterocycles. The fourth-order valence-electron chi connectivity index (χ4n) is 4.01. The van der Waals surface area contributed by atoms with E-state index in [1.807, 2.05) is 30.3 Å². The van der Waals surface area contributed by atoms with Crippen molar-refractivity contribution >= 4 is 33.8 Å². The van der Waals surface area contributed by atoms with Crippen LogP contribution in [0.4, 0.5) is 0 Å². The van der Waals surface area contributed by atoms with Gasteiger partial charge in [-0.15, -0.1) is 0 Å². The molecule has 4 radical (unpaired) electrons. The molecule has 0 saturated carbocycles. The molecule has 1 aromatic rings. The SMILES string of the molecule is [B]NCCCC[C@@H](C(=O)N1CCC[C@H]1C(=O)O)N([B])[C@@H](CCc1ccccc1)C(=O)O. The normalized spacial score (nSPS) is 18.1. The van der Waals surface area contributed by atoms with Gasteiger partial charge in [0, 0.05) is 6.54 Å². The smallest absolute Gasteiger partial charge is 0.326 e. The van der Waals surface area contributed by atoms with E-state index in [1.54, 1.807) is 0 Å². The van der Waals surface area contributed by atoms with Crippen LogP contribution in [0.5, 0.6) is 0 Å². The molecule has 31 heavy (non-hydrogen) atoms. The van der Waals surface area contributed by atoms with Gasteiger partial charge >= 0.3 is 11.9 Å². The summed E-state index contributed by atoms with van der Waals surface area (Å²) in [7, 11) is 11.5. The van der Waals surface area contributed by atoms with Crippen molar-refractivity contribution in [1.29, 1.82) is 0 Å². The number of rotatable bonds is 13. The van der Waals surface area contributed by atoms with Gasteiger partial charge in [-0.05, 0) is 50.6 Å².